The van der Waals surface area contributed by atoms with Crippen LogP contribution in [-0.2, 0) is 14.4 Å². The second-order valence-electron chi connectivity index (χ2n) is 26.2. The number of hydrogen-bond acceptors (Lipinski definition) is 16. The summed E-state index contributed by atoms with van der Waals surface area (Å²) in [5, 5.41) is 79.9. The molecule has 19 heteroatoms. The first-order valence-electron chi connectivity index (χ1n) is 36.0. The van der Waals surface area contributed by atoms with Crippen molar-refractivity contribution in [3.05, 3.63) is 240 Å². The van der Waals surface area contributed by atoms with E-state index in [0.29, 0.717) is 48.1 Å². The van der Waals surface area contributed by atoms with Crippen LogP contribution in [0.4, 0.5) is 23.0 Å². The third-order valence-corrected chi connectivity index (χ3v) is 18.6. The number of benzene rings is 4. The Morgan fingerprint density at radius 1 is 0.430 bits per heavy atom. The Labute approximate surface area is 590 Å². The number of nitrogens with one attached hydrogen (secondary N) is 5. The zero-order chi connectivity index (χ0) is 70.6. The van der Waals surface area contributed by atoms with Crippen LogP contribution in [0.2, 0.25) is 0 Å². The van der Waals surface area contributed by atoms with Gasteiger partial charge in [0, 0.05) is 79.8 Å². The number of aliphatic hydroxyl groups excluding tert-OH is 5. The highest BCUT2D eigenvalue weighted by atomic mass is 16.4. The first-order chi connectivity index (χ1) is 48.8. The van der Waals surface area contributed by atoms with Crippen molar-refractivity contribution in [3.63, 3.8) is 0 Å². The number of para-hydroxylation sites is 2. The summed E-state index contributed by atoms with van der Waals surface area (Å²) in [6.45, 7) is 1.18. The number of nitrogens with zero attached hydrogens (tertiary/aromatic N) is 4. The molecule has 9 rings (SSSR count). The van der Waals surface area contributed by atoms with E-state index < -0.39 is 65.9 Å². The Balaban J connectivity index is 0.000000262. The fourth-order valence-electron chi connectivity index (χ4n) is 13.2. The van der Waals surface area contributed by atoms with Gasteiger partial charge >= 0.3 is 0 Å². The van der Waals surface area contributed by atoms with Crippen molar-refractivity contribution in [1.82, 2.24) is 25.3 Å². The van der Waals surface area contributed by atoms with E-state index in [2.05, 4.69) is 46.5 Å². The lowest BCUT2D eigenvalue weighted by molar-refractivity contribution is -0.172. The summed E-state index contributed by atoms with van der Waals surface area (Å²) >= 11 is 0. The van der Waals surface area contributed by atoms with Crippen LogP contribution >= 0.6 is 0 Å². The quantitative estimate of drug-likeness (QED) is 0.0159. The number of aliphatic hydroxyl groups is 6. The van der Waals surface area contributed by atoms with Crippen LogP contribution in [0.1, 0.15) is 211 Å². The topological polar surface area (TPSA) is 310 Å². The van der Waals surface area contributed by atoms with Crippen LogP contribution in [0.15, 0.2) is 207 Å². The van der Waals surface area contributed by atoms with E-state index in [1.165, 1.54) is 32.1 Å². The van der Waals surface area contributed by atoms with Crippen LogP contribution < -0.4 is 32.3 Å². The third-order valence-electron chi connectivity index (χ3n) is 18.6. The molecule has 13 N–H and O–H groups in total. The summed E-state index contributed by atoms with van der Waals surface area (Å²) in [5.74, 6) is -0.439. The molecule has 4 heterocycles. The number of hydrogen-bond donors (Lipinski definition) is 12. The van der Waals surface area contributed by atoms with Crippen molar-refractivity contribution < 1.29 is 45.0 Å². The molecule has 10 atom stereocenters. The summed E-state index contributed by atoms with van der Waals surface area (Å²) in [7, 11) is 0. The molecule has 0 spiro atoms. The molecule has 0 aliphatic heterocycles. The summed E-state index contributed by atoms with van der Waals surface area (Å²) < 4.78 is 0. The highest BCUT2D eigenvalue weighted by molar-refractivity contribution is 5.92. The molecule has 19 nitrogen and oxygen atoms in total. The Hall–Kier alpha value is -8.79. The first kappa shape index (κ1) is 77.0. The van der Waals surface area contributed by atoms with Crippen molar-refractivity contribution >= 4 is 40.7 Å². The number of amides is 3. The molecule has 1 aliphatic carbocycles. The lowest BCUT2D eigenvalue weighted by atomic mass is 9.79. The number of nitrogens with two attached hydrogens (primary N) is 1. The van der Waals surface area contributed by atoms with Gasteiger partial charge in [0.25, 0.3) is 5.91 Å². The minimum absolute atomic E-state index is 0.00573. The van der Waals surface area contributed by atoms with E-state index in [1.54, 1.807) is 24.8 Å². The largest absolute Gasteiger partial charge is 0.390 e. The summed E-state index contributed by atoms with van der Waals surface area (Å²) in [4.78, 5) is 57.3. The van der Waals surface area contributed by atoms with Gasteiger partial charge in [0.2, 0.25) is 11.8 Å². The number of rotatable bonds is 40. The fraction of sp³-hybridized carbons (Fsp3) is 0.420. The number of unbranched alkanes of at least 4 members (excludes halogenated alkanes) is 16. The Kier molecular flexibility index (Phi) is 32.6. The lowest BCUT2D eigenvalue weighted by Gasteiger charge is -2.39. The van der Waals surface area contributed by atoms with Crippen molar-refractivity contribution in [3.8, 4) is 0 Å². The van der Waals surface area contributed by atoms with Crippen LogP contribution in [0.5, 0.6) is 0 Å². The van der Waals surface area contributed by atoms with Crippen molar-refractivity contribution in [2.24, 2.45) is 5.73 Å². The molecule has 0 saturated heterocycles. The van der Waals surface area contributed by atoms with E-state index in [-0.39, 0.29) is 24.7 Å². The van der Waals surface area contributed by atoms with Gasteiger partial charge in [-0.1, -0.05) is 211 Å². The maximum Gasteiger partial charge on any atom is 0.252 e. The minimum atomic E-state index is -1.89. The molecule has 0 radical (unpaired) electrons. The molecule has 532 valence electrons. The molecule has 4 aromatic heterocycles. The third kappa shape index (κ3) is 24.5. The molecule has 8 aromatic rings. The number of carbonyl (C=O) groups is 3. The Morgan fingerprint density at radius 3 is 1.16 bits per heavy atom. The van der Waals surface area contributed by atoms with Gasteiger partial charge in [0.05, 0.1) is 48.3 Å². The molecule has 1 aliphatic rings. The molecular weight excluding hydrogens is 1260 g/mol. The van der Waals surface area contributed by atoms with Gasteiger partial charge in [-0.25, -0.2) is 9.97 Å². The normalized spacial score (nSPS) is 17.6. The summed E-state index contributed by atoms with van der Waals surface area (Å²) in [6, 6.07) is 56.4. The van der Waals surface area contributed by atoms with Gasteiger partial charge in [0.15, 0.2) is 0 Å². The van der Waals surface area contributed by atoms with E-state index in [4.69, 9.17) is 5.73 Å². The lowest BCUT2D eigenvalue weighted by Crippen LogP contribution is -2.59. The highest BCUT2D eigenvalue weighted by Crippen LogP contribution is 2.46. The van der Waals surface area contributed by atoms with Crippen LogP contribution in [0.3, 0.4) is 0 Å². The van der Waals surface area contributed by atoms with Crippen LogP contribution in [0, 0.1) is 0 Å². The average molecular weight is 1360 g/mol. The average Bonchev–Trinajstić information content (AvgIpc) is 0.809. The molecule has 1 fully saturated rings. The fourth-order valence-corrected chi connectivity index (χ4v) is 13.2. The molecule has 0 bridgehead atoms. The van der Waals surface area contributed by atoms with Crippen molar-refractivity contribution in [2.75, 3.05) is 34.4 Å². The number of aromatic nitrogens is 4. The first-order valence-corrected chi connectivity index (χ1v) is 36.0. The van der Waals surface area contributed by atoms with E-state index in [0.717, 1.165) is 118 Å². The summed E-state index contributed by atoms with van der Waals surface area (Å²) in [5.41, 5.74) is 9.69. The predicted molar refractivity (Wildman–Crippen MR) is 395 cm³/mol. The standard InChI is InChI=1S/C44H57N5O7.C37H47N5O2/c50-35-29-44(56,30-36(51)42(35)54)43(55)47-28-16-7-5-3-1-2-4-6-11-25-38(52)48-33-22-13-12-21-32(33)40(49-37-24-15-18-27-46-37)39(34-23-14-17-26-45-34)41(53)31-19-9-8-10-20-31;38-26-16-7-5-3-1-2-4-6-11-25-34(43)41-31-22-13-12-21-30(31)36(42-33-24-15-18-28-40-33)35(32-23-14-17-27-39-32)37(44)29-19-9-8-10-20-29/h8-10,12-15,17-24,26-27,35-36,39-42,50-51,53-54,56H,1-7,11,16,25,28-30H2,(H,46,49)(H,47,55)(H,48,52);8-10,12-15,17-24,27-28,35-37,44H,1-7,11,16,25-26,38H2,(H,40,42)(H,41,43)/t35-,36?,39?,40?,41?,42?,44?;/m1./s1. The van der Waals surface area contributed by atoms with E-state index in [9.17, 15) is 45.0 Å². The molecule has 100 heavy (non-hydrogen) atoms. The zero-order valence-electron chi connectivity index (χ0n) is 57.6. The molecule has 9 unspecified atom stereocenters. The SMILES string of the molecule is NCCCCCCCCCCCC(=O)Nc1ccccc1C(Nc1ccccn1)C(c1ccccn1)C(O)c1ccccc1.O=C(CCCCCCCCCCCNC(=O)C1(O)CC(O)C(O)[C@H](O)C1)Nc1ccccc1C(Nc1ccccn1)C(c1ccccn1)C(O)c1ccccc1. The molecular formula is C81H104N10O9. The van der Waals surface area contributed by atoms with Gasteiger partial charge in [0.1, 0.15) is 23.3 Å². The van der Waals surface area contributed by atoms with Crippen molar-refractivity contribution in [2.45, 2.75) is 201 Å². The van der Waals surface area contributed by atoms with E-state index >= 15 is 0 Å². The van der Waals surface area contributed by atoms with Gasteiger partial charge in [-0.05, 0) is 115 Å². The Bertz CT molecular complexity index is 3580. The summed E-state index contributed by atoms with van der Waals surface area (Å²) in [6.07, 6.45) is 20.4. The number of carbonyl (C=O) groups excluding carboxylic acids is 3. The smallest absolute Gasteiger partial charge is 0.252 e. The van der Waals surface area contributed by atoms with Gasteiger partial charge in [-0.15, -0.1) is 0 Å². The Morgan fingerprint density at radius 2 is 0.780 bits per heavy atom. The van der Waals surface area contributed by atoms with Gasteiger partial charge < -0.3 is 63.0 Å². The zero-order valence-corrected chi connectivity index (χ0v) is 57.6. The van der Waals surface area contributed by atoms with Gasteiger partial charge in [-0.2, -0.15) is 0 Å². The van der Waals surface area contributed by atoms with Crippen molar-refractivity contribution in [1.29, 1.82) is 0 Å². The monoisotopic (exact) mass is 1360 g/mol. The minimum Gasteiger partial charge on any atom is -0.390 e. The van der Waals surface area contributed by atoms with Gasteiger partial charge in [-0.3, -0.25) is 24.4 Å². The second kappa shape index (κ2) is 42.3. The van der Waals surface area contributed by atoms with Crippen LogP contribution in [-0.4, -0.2) is 105 Å². The maximum atomic E-state index is 13.3. The molecule has 1 saturated carbocycles. The second-order valence-corrected chi connectivity index (χ2v) is 26.2. The van der Waals surface area contributed by atoms with E-state index in [1.807, 2.05) is 182 Å². The predicted octanol–water partition coefficient (Wildman–Crippen LogP) is 13.7. The number of pyridine rings is 4. The molecule has 3 amide bonds. The maximum absolute atomic E-state index is 13.3. The molecule has 4 aromatic carbocycles. The number of anilines is 4. The van der Waals surface area contributed by atoms with Crippen LogP contribution in [0.25, 0.3) is 0 Å². The highest BCUT2D eigenvalue weighted by Gasteiger charge is 2.48.